The molecule has 1 rings (SSSR count). The molecule has 0 aliphatic heterocycles. The summed E-state index contributed by atoms with van der Waals surface area (Å²) in [6.45, 7) is 2.16. The van der Waals surface area contributed by atoms with Gasteiger partial charge in [-0.3, -0.25) is 0 Å². The highest BCUT2D eigenvalue weighted by atomic mass is 35.5. The summed E-state index contributed by atoms with van der Waals surface area (Å²) in [5.74, 6) is 0. The number of rotatable bonds is 4. The number of hydrogen-bond donors (Lipinski definition) is 2. The predicted molar refractivity (Wildman–Crippen MR) is 62.7 cm³/mol. The van der Waals surface area contributed by atoms with Crippen molar-refractivity contribution in [2.24, 2.45) is 0 Å². The Bertz CT molecular complexity index is 299. The van der Waals surface area contributed by atoms with Gasteiger partial charge in [0, 0.05) is 16.8 Å². The van der Waals surface area contributed by atoms with Gasteiger partial charge in [0.1, 0.15) is 0 Å². The average Bonchev–Trinajstić information content (AvgIpc) is 2.16. The Labute approximate surface area is 90.4 Å². The molecule has 0 heterocycles. The number of halogens is 1. The van der Waals surface area contributed by atoms with Crippen LogP contribution in [-0.4, -0.2) is 13.1 Å². The van der Waals surface area contributed by atoms with Crippen molar-refractivity contribution >= 4 is 17.3 Å². The summed E-state index contributed by atoms with van der Waals surface area (Å²) in [6, 6.07) is 6.21. The molecule has 0 amide bonds. The summed E-state index contributed by atoms with van der Waals surface area (Å²) in [6.07, 6.45) is 2.08. The number of nitrogen functional groups attached to an aromatic ring is 1. The number of anilines is 1. The highest BCUT2D eigenvalue weighted by Gasteiger charge is 2.03. The maximum absolute atomic E-state index is 5.84. The lowest BCUT2D eigenvalue weighted by Crippen LogP contribution is -2.21. The van der Waals surface area contributed by atoms with Crippen LogP contribution in [0.5, 0.6) is 0 Å². The third-order valence-corrected chi connectivity index (χ3v) is 2.68. The van der Waals surface area contributed by atoms with Gasteiger partial charge in [-0.1, -0.05) is 17.7 Å². The minimum atomic E-state index is 0.519. The number of nitrogens with one attached hydrogen (secondary N) is 1. The first kappa shape index (κ1) is 11.3. The van der Waals surface area contributed by atoms with E-state index in [2.05, 4.69) is 12.2 Å². The van der Waals surface area contributed by atoms with Gasteiger partial charge in [0.25, 0.3) is 0 Å². The van der Waals surface area contributed by atoms with E-state index in [1.165, 1.54) is 5.56 Å². The Hall–Kier alpha value is -0.730. The molecule has 0 aliphatic carbocycles. The molecule has 14 heavy (non-hydrogen) atoms. The van der Waals surface area contributed by atoms with Gasteiger partial charge in [-0.15, -0.1) is 0 Å². The highest BCUT2D eigenvalue weighted by Crippen LogP contribution is 2.19. The molecule has 78 valence electrons. The predicted octanol–water partition coefficient (Wildman–Crippen LogP) is 2.46. The summed E-state index contributed by atoms with van der Waals surface area (Å²) in [7, 11) is 1.97. The maximum atomic E-state index is 5.84. The van der Waals surface area contributed by atoms with Gasteiger partial charge in [-0.2, -0.15) is 0 Å². The fourth-order valence-corrected chi connectivity index (χ4v) is 1.49. The molecule has 1 atom stereocenters. The van der Waals surface area contributed by atoms with Crippen LogP contribution in [0.2, 0.25) is 5.02 Å². The normalized spacial score (nSPS) is 12.8. The smallest absolute Gasteiger partial charge is 0.0426 e. The van der Waals surface area contributed by atoms with Crippen molar-refractivity contribution in [3.63, 3.8) is 0 Å². The molecular formula is C11H17ClN2. The van der Waals surface area contributed by atoms with E-state index in [-0.39, 0.29) is 0 Å². The second-order valence-corrected chi connectivity index (χ2v) is 4.01. The van der Waals surface area contributed by atoms with E-state index in [9.17, 15) is 0 Å². The number of nitrogens with two attached hydrogens (primary N) is 1. The molecular weight excluding hydrogens is 196 g/mol. The summed E-state index contributed by atoms with van der Waals surface area (Å²) in [4.78, 5) is 0. The van der Waals surface area contributed by atoms with E-state index in [1.807, 2.05) is 19.2 Å². The topological polar surface area (TPSA) is 38.0 Å². The standard InChI is InChI=1S/C11H17ClN2/c1-8(14-2)3-4-9-5-6-10(12)7-11(9)13/h5-8,14H,3-4,13H2,1-2H3. The number of benzene rings is 1. The Kier molecular flexibility index (Phi) is 4.23. The molecule has 0 saturated heterocycles. The molecule has 0 radical (unpaired) electrons. The van der Waals surface area contributed by atoms with Crippen LogP contribution in [-0.2, 0) is 6.42 Å². The van der Waals surface area contributed by atoms with Crippen molar-refractivity contribution in [3.8, 4) is 0 Å². The van der Waals surface area contributed by atoms with Crippen molar-refractivity contribution in [2.45, 2.75) is 25.8 Å². The summed E-state index contributed by atoms with van der Waals surface area (Å²) in [5.41, 5.74) is 7.81. The van der Waals surface area contributed by atoms with Gasteiger partial charge in [0.15, 0.2) is 0 Å². The van der Waals surface area contributed by atoms with E-state index < -0.39 is 0 Å². The zero-order chi connectivity index (χ0) is 10.6. The van der Waals surface area contributed by atoms with Gasteiger partial charge < -0.3 is 11.1 Å². The van der Waals surface area contributed by atoms with Gasteiger partial charge in [0.2, 0.25) is 0 Å². The first-order chi connectivity index (χ1) is 6.63. The average molecular weight is 213 g/mol. The first-order valence-electron chi connectivity index (χ1n) is 4.84. The van der Waals surface area contributed by atoms with Gasteiger partial charge >= 0.3 is 0 Å². The molecule has 0 aliphatic rings. The molecule has 3 N–H and O–H groups in total. The second-order valence-electron chi connectivity index (χ2n) is 3.57. The molecule has 0 bridgehead atoms. The van der Waals surface area contributed by atoms with Crippen LogP contribution in [0.15, 0.2) is 18.2 Å². The van der Waals surface area contributed by atoms with E-state index in [0.717, 1.165) is 18.5 Å². The van der Waals surface area contributed by atoms with Crippen LogP contribution >= 0.6 is 11.6 Å². The number of aryl methyl sites for hydroxylation is 1. The molecule has 0 aromatic heterocycles. The molecule has 1 aromatic rings. The van der Waals surface area contributed by atoms with Crippen LogP contribution < -0.4 is 11.1 Å². The monoisotopic (exact) mass is 212 g/mol. The minimum Gasteiger partial charge on any atom is -0.398 e. The van der Waals surface area contributed by atoms with Crippen LogP contribution in [0.3, 0.4) is 0 Å². The third kappa shape index (κ3) is 3.20. The summed E-state index contributed by atoms with van der Waals surface area (Å²) < 4.78 is 0. The van der Waals surface area contributed by atoms with Crippen LogP contribution in [0, 0.1) is 0 Å². The molecule has 1 unspecified atom stereocenters. The van der Waals surface area contributed by atoms with Gasteiger partial charge in [-0.25, -0.2) is 0 Å². The molecule has 0 fully saturated rings. The second kappa shape index (κ2) is 5.23. The molecule has 2 nitrogen and oxygen atoms in total. The Morgan fingerprint density at radius 1 is 1.50 bits per heavy atom. The lowest BCUT2D eigenvalue weighted by atomic mass is 10.0. The lowest BCUT2D eigenvalue weighted by molar-refractivity contribution is 0.565. The van der Waals surface area contributed by atoms with Gasteiger partial charge in [-0.05, 0) is 44.5 Å². The highest BCUT2D eigenvalue weighted by molar-refractivity contribution is 6.30. The first-order valence-corrected chi connectivity index (χ1v) is 5.22. The van der Waals surface area contributed by atoms with Crippen molar-refractivity contribution in [3.05, 3.63) is 28.8 Å². The minimum absolute atomic E-state index is 0.519. The lowest BCUT2D eigenvalue weighted by Gasteiger charge is -2.11. The van der Waals surface area contributed by atoms with Crippen LogP contribution in [0.25, 0.3) is 0 Å². The fraction of sp³-hybridized carbons (Fsp3) is 0.455. The molecule has 3 heteroatoms. The van der Waals surface area contributed by atoms with E-state index in [1.54, 1.807) is 6.07 Å². The Morgan fingerprint density at radius 2 is 2.21 bits per heavy atom. The van der Waals surface area contributed by atoms with Crippen molar-refractivity contribution in [1.29, 1.82) is 0 Å². The Morgan fingerprint density at radius 3 is 2.79 bits per heavy atom. The Balaban J connectivity index is 2.59. The summed E-state index contributed by atoms with van der Waals surface area (Å²) >= 11 is 5.81. The van der Waals surface area contributed by atoms with E-state index >= 15 is 0 Å². The maximum Gasteiger partial charge on any atom is 0.0426 e. The van der Waals surface area contributed by atoms with E-state index in [4.69, 9.17) is 17.3 Å². The molecule has 0 saturated carbocycles. The molecule has 1 aromatic carbocycles. The largest absolute Gasteiger partial charge is 0.398 e. The van der Waals surface area contributed by atoms with Gasteiger partial charge in [0.05, 0.1) is 0 Å². The third-order valence-electron chi connectivity index (χ3n) is 2.45. The van der Waals surface area contributed by atoms with Crippen molar-refractivity contribution in [2.75, 3.05) is 12.8 Å². The fourth-order valence-electron chi connectivity index (χ4n) is 1.31. The molecule has 0 spiro atoms. The van der Waals surface area contributed by atoms with Crippen molar-refractivity contribution < 1.29 is 0 Å². The van der Waals surface area contributed by atoms with Crippen LogP contribution in [0.1, 0.15) is 18.9 Å². The van der Waals surface area contributed by atoms with E-state index in [0.29, 0.717) is 11.1 Å². The quantitative estimate of drug-likeness (QED) is 0.753. The zero-order valence-corrected chi connectivity index (χ0v) is 9.43. The summed E-state index contributed by atoms with van der Waals surface area (Å²) in [5, 5.41) is 3.90. The van der Waals surface area contributed by atoms with Crippen molar-refractivity contribution in [1.82, 2.24) is 5.32 Å². The SMILES string of the molecule is CNC(C)CCc1ccc(Cl)cc1N. The number of hydrogen-bond acceptors (Lipinski definition) is 2. The van der Waals surface area contributed by atoms with Crippen LogP contribution in [0.4, 0.5) is 5.69 Å². The zero-order valence-electron chi connectivity index (χ0n) is 8.68.